The minimum atomic E-state index is -0.0166. The average Bonchev–Trinajstić information content (AvgIpc) is 3.56. The molecule has 3 heterocycles. The second kappa shape index (κ2) is 10.2. The first-order valence-electron chi connectivity index (χ1n) is 12.7. The molecule has 0 saturated heterocycles. The van der Waals surface area contributed by atoms with E-state index in [-0.39, 0.29) is 11.6 Å². The maximum Gasteiger partial charge on any atom is 0.252 e. The van der Waals surface area contributed by atoms with Crippen LogP contribution in [0.3, 0.4) is 0 Å². The van der Waals surface area contributed by atoms with Crippen molar-refractivity contribution in [3.8, 4) is 0 Å². The molecule has 1 N–H and O–H groups in total. The normalized spacial score (nSPS) is 15.8. The third-order valence-corrected chi connectivity index (χ3v) is 7.55. The molecule has 1 saturated carbocycles. The monoisotopic (exact) mass is 474 g/mol. The van der Waals surface area contributed by atoms with E-state index in [1.165, 1.54) is 24.8 Å². The number of aromatic nitrogens is 5. The fourth-order valence-corrected chi connectivity index (χ4v) is 5.47. The van der Waals surface area contributed by atoms with Crippen LogP contribution in [0.5, 0.6) is 0 Å². The number of hydrogen-bond donors (Lipinski definition) is 1. The Balaban J connectivity index is 1.52. The summed E-state index contributed by atoms with van der Waals surface area (Å²) < 4.78 is 7.38. The summed E-state index contributed by atoms with van der Waals surface area (Å²) in [5.74, 6) is 1.63. The van der Waals surface area contributed by atoms with Crippen LogP contribution in [0.4, 0.5) is 0 Å². The zero-order chi connectivity index (χ0) is 24.4. The van der Waals surface area contributed by atoms with Gasteiger partial charge in [0.25, 0.3) is 5.56 Å². The average molecular weight is 475 g/mol. The molecular formula is C27H34N6O2. The van der Waals surface area contributed by atoms with Crippen LogP contribution >= 0.6 is 0 Å². The summed E-state index contributed by atoms with van der Waals surface area (Å²) in [5, 5.41) is 13.8. The van der Waals surface area contributed by atoms with Gasteiger partial charge in [0.15, 0.2) is 5.82 Å². The predicted molar refractivity (Wildman–Crippen MR) is 135 cm³/mol. The lowest BCUT2D eigenvalue weighted by atomic mass is 9.92. The number of rotatable bonds is 8. The molecule has 0 bridgehead atoms. The molecule has 4 aromatic rings. The number of tetrazole rings is 1. The van der Waals surface area contributed by atoms with Crippen LogP contribution in [0, 0.1) is 13.8 Å². The molecule has 1 aromatic carbocycles. The van der Waals surface area contributed by atoms with Crippen LogP contribution in [0.15, 0.2) is 45.8 Å². The van der Waals surface area contributed by atoms with E-state index in [1.54, 1.807) is 6.26 Å². The third-order valence-electron chi connectivity index (χ3n) is 7.55. The first-order valence-corrected chi connectivity index (χ1v) is 12.7. The third kappa shape index (κ3) is 4.80. The number of nitrogens with one attached hydrogen (secondary N) is 1. The Hall–Kier alpha value is -3.26. The Morgan fingerprint density at radius 2 is 2.03 bits per heavy atom. The second-order valence-electron chi connectivity index (χ2n) is 9.76. The van der Waals surface area contributed by atoms with Gasteiger partial charge in [-0.15, -0.1) is 5.10 Å². The van der Waals surface area contributed by atoms with Crippen LogP contribution in [-0.4, -0.2) is 36.1 Å². The van der Waals surface area contributed by atoms with Crippen molar-refractivity contribution in [2.24, 2.45) is 0 Å². The minimum absolute atomic E-state index is 0.00193. The molecular weight excluding hydrogens is 440 g/mol. The lowest BCUT2D eigenvalue weighted by Crippen LogP contribution is -2.41. The summed E-state index contributed by atoms with van der Waals surface area (Å²) in [6.45, 7) is 7.36. The maximum atomic E-state index is 13.3. The van der Waals surface area contributed by atoms with Crippen LogP contribution in [0.1, 0.15) is 79.8 Å². The number of H-pyrrole nitrogens is 1. The summed E-state index contributed by atoms with van der Waals surface area (Å²) in [6, 6.07) is 10.5. The summed E-state index contributed by atoms with van der Waals surface area (Å²) in [7, 11) is 0. The number of aryl methyl sites for hydroxylation is 2. The molecule has 1 aliphatic rings. The van der Waals surface area contributed by atoms with Gasteiger partial charge in [-0.3, -0.25) is 9.69 Å². The Labute approximate surface area is 205 Å². The molecule has 0 aliphatic heterocycles. The highest BCUT2D eigenvalue weighted by Crippen LogP contribution is 2.33. The van der Waals surface area contributed by atoms with Gasteiger partial charge < -0.3 is 9.40 Å². The molecule has 0 spiro atoms. The first kappa shape index (κ1) is 23.5. The van der Waals surface area contributed by atoms with E-state index in [0.29, 0.717) is 19.1 Å². The lowest BCUT2D eigenvalue weighted by Gasteiger charge is -2.39. The van der Waals surface area contributed by atoms with Gasteiger partial charge >= 0.3 is 0 Å². The largest absolute Gasteiger partial charge is 0.467 e. The molecule has 5 rings (SSSR count). The Morgan fingerprint density at radius 3 is 2.77 bits per heavy atom. The number of benzene rings is 1. The summed E-state index contributed by atoms with van der Waals surface area (Å²) in [4.78, 5) is 18.9. The van der Waals surface area contributed by atoms with Crippen molar-refractivity contribution in [3.05, 3.63) is 75.2 Å². The van der Waals surface area contributed by atoms with Crippen molar-refractivity contribution in [1.29, 1.82) is 0 Å². The fourth-order valence-electron chi connectivity index (χ4n) is 5.47. The number of nitrogens with zero attached hydrogens (tertiary/aromatic N) is 5. The highest BCUT2D eigenvalue weighted by Gasteiger charge is 2.32. The fraction of sp³-hybridized carbons (Fsp3) is 0.481. The van der Waals surface area contributed by atoms with Gasteiger partial charge in [-0.1, -0.05) is 38.3 Å². The van der Waals surface area contributed by atoms with E-state index in [9.17, 15) is 4.79 Å². The van der Waals surface area contributed by atoms with E-state index in [4.69, 9.17) is 4.42 Å². The van der Waals surface area contributed by atoms with Crippen LogP contribution in [0.2, 0.25) is 0 Å². The number of pyridine rings is 1. The van der Waals surface area contributed by atoms with E-state index in [1.807, 2.05) is 16.8 Å². The van der Waals surface area contributed by atoms with E-state index < -0.39 is 0 Å². The molecule has 1 aliphatic carbocycles. The lowest BCUT2D eigenvalue weighted by molar-refractivity contribution is 0.0842. The molecule has 0 unspecified atom stereocenters. The first-order chi connectivity index (χ1) is 17.0. The van der Waals surface area contributed by atoms with Crippen molar-refractivity contribution >= 4 is 10.9 Å². The van der Waals surface area contributed by atoms with Crippen molar-refractivity contribution in [2.45, 2.75) is 84.5 Å². The number of hydrogen-bond acceptors (Lipinski definition) is 6. The van der Waals surface area contributed by atoms with E-state index in [0.717, 1.165) is 52.9 Å². The van der Waals surface area contributed by atoms with Crippen molar-refractivity contribution in [2.75, 3.05) is 0 Å². The van der Waals surface area contributed by atoms with Crippen molar-refractivity contribution < 1.29 is 4.42 Å². The van der Waals surface area contributed by atoms with Gasteiger partial charge in [-0.2, -0.15) is 0 Å². The molecule has 184 valence electrons. The molecule has 35 heavy (non-hydrogen) atoms. The molecule has 1 atom stereocenters. The molecule has 3 aromatic heterocycles. The van der Waals surface area contributed by atoms with Crippen molar-refractivity contribution in [1.82, 2.24) is 30.1 Å². The number of aromatic amines is 1. The second-order valence-corrected chi connectivity index (χ2v) is 9.76. The number of fused-ring (bicyclic) bond motifs is 1. The highest BCUT2D eigenvalue weighted by atomic mass is 16.3. The van der Waals surface area contributed by atoms with Gasteiger partial charge in [0.1, 0.15) is 12.3 Å². The van der Waals surface area contributed by atoms with Gasteiger partial charge in [0.2, 0.25) is 0 Å². The van der Waals surface area contributed by atoms with Gasteiger partial charge in [0.05, 0.1) is 17.8 Å². The molecule has 0 radical (unpaired) electrons. The van der Waals surface area contributed by atoms with E-state index in [2.05, 4.69) is 64.4 Å². The number of furan rings is 1. The summed E-state index contributed by atoms with van der Waals surface area (Å²) >= 11 is 0. The Kier molecular flexibility index (Phi) is 6.81. The SMILES string of the molecule is CC[C@H](c1nnnn1Cc1ccco1)N(Cc1cc2ccc(C)c(C)c2[nH]c1=O)C1CCCCC1. The van der Waals surface area contributed by atoms with Crippen molar-refractivity contribution in [3.63, 3.8) is 0 Å². The van der Waals surface area contributed by atoms with Gasteiger partial charge in [-0.25, -0.2) is 4.68 Å². The summed E-state index contributed by atoms with van der Waals surface area (Å²) in [6.07, 6.45) is 8.45. The standard InChI is InChI=1S/C27H34N6O2/c1-4-24(26-29-30-31-33(26)17-23-11-8-14-35-23)32(22-9-6-5-7-10-22)16-21-15-20-13-12-18(2)19(3)25(20)28-27(21)34/h8,11-15,22,24H,4-7,9-10,16-17H2,1-3H3,(H,28,34)/t24-/m1/s1. The predicted octanol–water partition coefficient (Wildman–Crippen LogP) is 5.06. The zero-order valence-electron chi connectivity index (χ0n) is 20.8. The van der Waals surface area contributed by atoms with Gasteiger partial charge in [-0.05, 0) is 78.2 Å². The highest BCUT2D eigenvalue weighted by molar-refractivity contribution is 5.83. The Morgan fingerprint density at radius 1 is 1.20 bits per heavy atom. The van der Waals surface area contributed by atoms with Crippen LogP contribution < -0.4 is 5.56 Å². The molecule has 0 amide bonds. The molecule has 1 fully saturated rings. The smallest absolute Gasteiger partial charge is 0.252 e. The molecule has 8 nitrogen and oxygen atoms in total. The molecule has 8 heteroatoms. The van der Waals surface area contributed by atoms with Gasteiger partial charge in [0, 0.05) is 18.2 Å². The minimum Gasteiger partial charge on any atom is -0.467 e. The topological polar surface area (TPSA) is 92.8 Å². The quantitative estimate of drug-likeness (QED) is 0.384. The van der Waals surface area contributed by atoms with E-state index >= 15 is 0 Å². The van der Waals surface area contributed by atoms with Crippen LogP contribution in [0.25, 0.3) is 10.9 Å². The zero-order valence-corrected chi connectivity index (χ0v) is 20.8. The maximum absolute atomic E-state index is 13.3. The summed E-state index contributed by atoms with van der Waals surface area (Å²) in [5.41, 5.74) is 4.00. The Bertz CT molecular complexity index is 1330. The van der Waals surface area contributed by atoms with Crippen LogP contribution in [-0.2, 0) is 13.1 Å².